The standard InChI is InChI=1S/C47H62N6O10/c1-32(2)43(49)45(55)61-31-63-47(57)53-29-35(39-18-16-37(59-6)27-42(39)53)20-24-51(4)22-12-8-11-21-50(3)23-19-34-28-52(41-26-36(58-5)15-17-38(34)41)46(56)62-30-60-44(54)40(48)25-33-13-9-7-10-14-33/h7,9-10,13-18,26-29,32,40,43H,8,11-12,19-25,30-31,48-49H2,1-6H3. The summed E-state index contributed by atoms with van der Waals surface area (Å²) in [6.07, 6.45) is 7.01. The van der Waals surface area contributed by atoms with E-state index in [4.69, 9.17) is 39.9 Å². The van der Waals surface area contributed by atoms with Crippen LogP contribution in [0.2, 0.25) is 0 Å². The molecule has 0 saturated carbocycles. The number of methoxy groups -OCH3 is 2. The van der Waals surface area contributed by atoms with Crippen molar-refractivity contribution in [3.05, 3.63) is 95.8 Å². The molecule has 0 radical (unpaired) electrons. The number of hydrogen-bond donors (Lipinski definition) is 2. The van der Waals surface area contributed by atoms with E-state index < -0.39 is 49.8 Å². The SMILES string of the molecule is COc1ccc2c(CCN(C)CCCCCN(C)CCc3cn(C(=O)OCOC(=O)C(N)C(C)C)c4cc(OC)ccc34)cn(C(=O)OCOC(=O)C(N)Cc3ccccc3)c2c1. The number of nitrogens with zero attached hydrogens (tertiary/aromatic N) is 4. The predicted molar refractivity (Wildman–Crippen MR) is 240 cm³/mol. The number of carbonyl (C=O) groups excluding carboxylic acids is 4. The fourth-order valence-corrected chi connectivity index (χ4v) is 7.14. The monoisotopic (exact) mass is 870 g/mol. The van der Waals surface area contributed by atoms with Crippen LogP contribution in [0.5, 0.6) is 11.5 Å². The maximum atomic E-state index is 13.2. The summed E-state index contributed by atoms with van der Waals surface area (Å²) >= 11 is 0. The van der Waals surface area contributed by atoms with Crippen LogP contribution in [0.15, 0.2) is 79.1 Å². The minimum Gasteiger partial charge on any atom is -0.497 e. The second kappa shape index (κ2) is 23.5. The Labute approximate surface area is 368 Å². The zero-order chi connectivity index (χ0) is 45.5. The molecule has 4 N–H and O–H groups in total. The van der Waals surface area contributed by atoms with Crippen molar-refractivity contribution in [2.75, 3.05) is 68.1 Å². The summed E-state index contributed by atoms with van der Waals surface area (Å²) in [5, 5.41) is 1.81. The van der Waals surface area contributed by atoms with Crippen molar-refractivity contribution in [2.45, 2.75) is 64.5 Å². The van der Waals surface area contributed by atoms with Crippen LogP contribution in [0.4, 0.5) is 9.59 Å². The summed E-state index contributed by atoms with van der Waals surface area (Å²) in [6, 6.07) is 18.8. The molecule has 0 aliphatic rings. The van der Waals surface area contributed by atoms with E-state index >= 15 is 0 Å². The quantitative estimate of drug-likeness (QED) is 0.0444. The van der Waals surface area contributed by atoms with Crippen LogP contribution in [-0.2, 0) is 47.8 Å². The van der Waals surface area contributed by atoms with Gasteiger partial charge in [0.1, 0.15) is 23.6 Å². The lowest BCUT2D eigenvalue weighted by Crippen LogP contribution is -2.37. The Hall–Kier alpha value is -5.94. The first-order valence-corrected chi connectivity index (χ1v) is 21.2. The lowest BCUT2D eigenvalue weighted by atomic mass is 10.1. The van der Waals surface area contributed by atoms with Gasteiger partial charge in [-0.1, -0.05) is 50.6 Å². The lowest BCUT2D eigenvalue weighted by Gasteiger charge is -2.18. The van der Waals surface area contributed by atoms with Crippen molar-refractivity contribution in [2.24, 2.45) is 17.4 Å². The molecule has 2 atom stereocenters. The number of unbranched alkanes of at least 4 members (excludes halogenated alkanes) is 2. The lowest BCUT2D eigenvalue weighted by molar-refractivity contribution is -0.155. The van der Waals surface area contributed by atoms with Crippen LogP contribution in [0.1, 0.15) is 49.8 Å². The molecule has 63 heavy (non-hydrogen) atoms. The Bertz CT molecular complexity index is 2290. The zero-order valence-electron chi connectivity index (χ0n) is 37.2. The van der Waals surface area contributed by atoms with Gasteiger partial charge in [-0.25, -0.2) is 9.59 Å². The molecule has 2 unspecified atom stereocenters. The second-order valence-electron chi connectivity index (χ2n) is 16.0. The molecule has 0 saturated heterocycles. The number of aromatic nitrogens is 2. The van der Waals surface area contributed by atoms with Gasteiger partial charge in [0.15, 0.2) is 0 Å². The molecular formula is C47H62N6O10. The molecule has 2 heterocycles. The number of rotatable bonds is 23. The third kappa shape index (κ3) is 13.5. The van der Waals surface area contributed by atoms with Gasteiger partial charge < -0.3 is 49.7 Å². The van der Waals surface area contributed by atoms with Crippen LogP contribution in [-0.4, -0.2) is 123 Å². The van der Waals surface area contributed by atoms with Crippen molar-refractivity contribution < 1.29 is 47.6 Å². The van der Waals surface area contributed by atoms with E-state index in [1.54, 1.807) is 38.7 Å². The van der Waals surface area contributed by atoms with Gasteiger partial charge in [0.25, 0.3) is 0 Å². The first kappa shape index (κ1) is 48.1. The maximum Gasteiger partial charge on any atom is 0.421 e. The van der Waals surface area contributed by atoms with Crippen molar-refractivity contribution in [3.8, 4) is 11.5 Å². The molecule has 16 heteroatoms. The number of likely N-dealkylation sites (N-methyl/N-ethyl adjacent to an activating group) is 2. The van der Waals surface area contributed by atoms with E-state index in [0.29, 0.717) is 41.8 Å². The van der Waals surface area contributed by atoms with Crippen LogP contribution in [0, 0.1) is 5.92 Å². The number of esters is 2. The fourth-order valence-electron chi connectivity index (χ4n) is 7.14. The fraction of sp³-hybridized carbons (Fsp3) is 0.447. The third-order valence-electron chi connectivity index (χ3n) is 11.0. The van der Waals surface area contributed by atoms with Crippen LogP contribution in [0.25, 0.3) is 21.8 Å². The third-order valence-corrected chi connectivity index (χ3v) is 11.0. The highest BCUT2D eigenvalue weighted by Gasteiger charge is 2.22. The number of benzene rings is 3. The second-order valence-corrected chi connectivity index (χ2v) is 16.0. The predicted octanol–water partition coefficient (Wildman–Crippen LogP) is 5.96. The highest BCUT2D eigenvalue weighted by molar-refractivity contribution is 5.94. The Morgan fingerprint density at radius 3 is 1.56 bits per heavy atom. The summed E-state index contributed by atoms with van der Waals surface area (Å²) in [5.74, 6) is -0.201. The van der Waals surface area contributed by atoms with Gasteiger partial charge in [-0.15, -0.1) is 0 Å². The summed E-state index contributed by atoms with van der Waals surface area (Å²) in [4.78, 5) is 55.5. The molecule has 0 bridgehead atoms. The average molecular weight is 871 g/mol. The van der Waals surface area contributed by atoms with E-state index in [9.17, 15) is 19.2 Å². The van der Waals surface area contributed by atoms with E-state index in [1.807, 2.05) is 68.4 Å². The molecule has 0 aliphatic carbocycles. The van der Waals surface area contributed by atoms with Crippen molar-refractivity contribution >= 4 is 45.9 Å². The van der Waals surface area contributed by atoms with Gasteiger partial charge in [0.05, 0.1) is 25.3 Å². The molecule has 3 aromatic carbocycles. The minimum atomic E-state index is -0.888. The van der Waals surface area contributed by atoms with Crippen LogP contribution >= 0.6 is 0 Å². The zero-order valence-corrected chi connectivity index (χ0v) is 37.2. The highest BCUT2D eigenvalue weighted by atomic mass is 16.7. The van der Waals surface area contributed by atoms with E-state index in [0.717, 1.165) is 72.9 Å². The molecular weight excluding hydrogens is 809 g/mol. The largest absolute Gasteiger partial charge is 0.497 e. The smallest absolute Gasteiger partial charge is 0.421 e. The van der Waals surface area contributed by atoms with Gasteiger partial charge in [0, 0.05) is 48.4 Å². The topological polar surface area (TPSA) is 192 Å². The van der Waals surface area contributed by atoms with Gasteiger partial charge in [0.2, 0.25) is 13.6 Å². The van der Waals surface area contributed by atoms with Gasteiger partial charge in [-0.05, 0) is 106 Å². The minimum absolute atomic E-state index is 0.111. The number of nitrogens with two attached hydrogens (primary N) is 2. The summed E-state index contributed by atoms with van der Waals surface area (Å²) in [6.45, 7) is 5.92. The number of hydrogen-bond acceptors (Lipinski definition) is 14. The highest BCUT2D eigenvalue weighted by Crippen LogP contribution is 2.28. The normalized spacial score (nSPS) is 12.5. The van der Waals surface area contributed by atoms with Gasteiger partial charge >= 0.3 is 24.1 Å². The first-order chi connectivity index (χ1) is 30.3. The molecule has 0 amide bonds. The maximum absolute atomic E-state index is 13.2. The molecule has 0 fully saturated rings. The number of ether oxygens (including phenoxy) is 6. The van der Waals surface area contributed by atoms with E-state index in [1.165, 1.54) is 9.13 Å². The van der Waals surface area contributed by atoms with Crippen LogP contribution in [0.3, 0.4) is 0 Å². The van der Waals surface area contributed by atoms with E-state index in [2.05, 4.69) is 23.9 Å². The molecule has 2 aromatic heterocycles. The Balaban J connectivity index is 1.05. The average Bonchev–Trinajstić information content (AvgIpc) is 3.84. The molecule has 340 valence electrons. The molecule has 5 aromatic rings. The summed E-state index contributed by atoms with van der Waals surface area (Å²) < 4.78 is 34.5. The van der Waals surface area contributed by atoms with Crippen molar-refractivity contribution in [3.63, 3.8) is 0 Å². The Morgan fingerprint density at radius 2 is 1.10 bits per heavy atom. The Morgan fingerprint density at radius 1 is 0.619 bits per heavy atom. The van der Waals surface area contributed by atoms with Gasteiger partial charge in [-0.3, -0.25) is 18.7 Å². The number of fused-ring (bicyclic) bond motifs is 2. The molecule has 0 spiro atoms. The Kier molecular flexibility index (Phi) is 17.9. The van der Waals surface area contributed by atoms with Crippen molar-refractivity contribution in [1.29, 1.82) is 0 Å². The molecule has 0 aliphatic heterocycles. The molecule has 16 nitrogen and oxygen atoms in total. The van der Waals surface area contributed by atoms with Gasteiger partial charge in [-0.2, -0.15) is 0 Å². The van der Waals surface area contributed by atoms with Crippen LogP contribution < -0.4 is 20.9 Å². The van der Waals surface area contributed by atoms with E-state index in [-0.39, 0.29) is 5.92 Å². The summed E-state index contributed by atoms with van der Waals surface area (Å²) in [5.41, 5.74) is 16.0. The number of carbonyl (C=O) groups is 4. The molecule has 5 rings (SSSR count). The summed E-state index contributed by atoms with van der Waals surface area (Å²) in [7, 11) is 7.32. The van der Waals surface area contributed by atoms with Crippen molar-refractivity contribution in [1.82, 2.24) is 18.9 Å². The first-order valence-electron chi connectivity index (χ1n) is 21.2.